The molecule has 0 aliphatic carbocycles. The molecule has 2 aromatic rings. The monoisotopic (exact) mass is 532 g/mol. The summed E-state index contributed by atoms with van der Waals surface area (Å²) in [4.78, 5) is 21.3. The van der Waals surface area contributed by atoms with Crippen LogP contribution in [-0.4, -0.2) is 79.9 Å². The number of amides is 1. The first-order valence-corrected chi connectivity index (χ1v) is 12.9. The largest absolute Gasteiger partial charge is 0.493 e. The maximum absolute atomic E-state index is 13.0. The van der Waals surface area contributed by atoms with Crippen LogP contribution in [0.2, 0.25) is 5.15 Å². The molecule has 0 atom stereocenters. The molecule has 36 heavy (non-hydrogen) atoms. The molecule has 10 heteroatoms. The van der Waals surface area contributed by atoms with E-state index in [4.69, 9.17) is 38.0 Å². The lowest BCUT2D eigenvalue weighted by molar-refractivity contribution is 0.0598. The number of nitrogens with zero attached hydrogens (tertiary/aromatic N) is 3. The number of nitrogens with one attached hydrogen (secondary N) is 1. The normalized spacial score (nSPS) is 16.7. The molecule has 0 saturated carbocycles. The van der Waals surface area contributed by atoms with Crippen LogP contribution in [0.25, 0.3) is 0 Å². The van der Waals surface area contributed by atoms with Crippen LogP contribution in [-0.2, 0) is 6.42 Å². The summed E-state index contributed by atoms with van der Waals surface area (Å²) in [7, 11) is 4.79. The van der Waals surface area contributed by atoms with Gasteiger partial charge in [-0.25, -0.2) is 4.98 Å². The minimum Gasteiger partial charge on any atom is -0.493 e. The smallest absolute Gasteiger partial charge is 0.254 e. The number of carbonyl (C=O) groups excluding carboxylic acids is 1. The Hall–Kier alpha value is -2.78. The van der Waals surface area contributed by atoms with E-state index in [-0.39, 0.29) is 16.5 Å². The molecular weight excluding hydrogens is 500 g/mol. The minimum absolute atomic E-state index is 0.0327. The number of methoxy groups -OCH3 is 3. The fourth-order valence-corrected chi connectivity index (χ4v) is 5.50. The van der Waals surface area contributed by atoms with Crippen molar-refractivity contribution in [2.45, 2.75) is 25.7 Å². The topological polar surface area (TPSA) is 76.2 Å². The third-order valence-corrected chi connectivity index (χ3v) is 7.80. The highest BCUT2D eigenvalue weighted by Crippen LogP contribution is 2.40. The van der Waals surface area contributed by atoms with Gasteiger partial charge in [-0.15, -0.1) is 0 Å². The fraction of sp³-hybridized carbons (Fsp3) is 0.500. The Bertz CT molecular complexity index is 1110. The quantitative estimate of drug-likeness (QED) is 0.426. The van der Waals surface area contributed by atoms with Gasteiger partial charge in [-0.05, 0) is 67.1 Å². The van der Waals surface area contributed by atoms with E-state index < -0.39 is 0 Å². The molecule has 2 saturated heterocycles. The van der Waals surface area contributed by atoms with E-state index in [0.717, 1.165) is 67.5 Å². The van der Waals surface area contributed by atoms with Crippen LogP contribution >= 0.6 is 23.8 Å². The second-order valence-corrected chi connectivity index (χ2v) is 10.1. The Kier molecular flexibility index (Phi) is 8.41. The molecule has 4 rings (SSSR count). The lowest BCUT2D eigenvalue weighted by atomic mass is 9.77. The zero-order valence-electron chi connectivity index (χ0n) is 21.0. The first-order valence-electron chi connectivity index (χ1n) is 12.1. The van der Waals surface area contributed by atoms with Gasteiger partial charge in [0.15, 0.2) is 16.6 Å². The lowest BCUT2D eigenvalue weighted by Crippen LogP contribution is -2.46. The summed E-state index contributed by atoms with van der Waals surface area (Å²) in [5.74, 6) is 1.77. The van der Waals surface area contributed by atoms with Crippen LogP contribution < -0.4 is 19.5 Å². The van der Waals surface area contributed by atoms with Gasteiger partial charge in [-0.2, -0.15) is 0 Å². The van der Waals surface area contributed by atoms with Crippen molar-refractivity contribution < 1.29 is 19.0 Å². The van der Waals surface area contributed by atoms with E-state index in [0.29, 0.717) is 24.5 Å². The molecule has 2 fully saturated rings. The number of ether oxygens (including phenoxy) is 3. The van der Waals surface area contributed by atoms with Crippen molar-refractivity contribution in [3.63, 3.8) is 0 Å². The van der Waals surface area contributed by atoms with Crippen LogP contribution in [0.3, 0.4) is 0 Å². The standard InChI is InChI=1S/C26H33ClN4O4S/c1-33-20-5-4-18(14-21(20)34-2)6-10-28-25(36)31-13-9-26(17-31)7-11-30(12-8-26)24(32)19-15-22(27)29-23(16-19)35-3/h4-5,14-16H,6-13,17H2,1-3H3,(H,28,36). The summed E-state index contributed by atoms with van der Waals surface area (Å²) in [6, 6.07) is 9.21. The van der Waals surface area contributed by atoms with E-state index in [2.05, 4.69) is 15.2 Å². The summed E-state index contributed by atoms with van der Waals surface area (Å²) in [6.07, 6.45) is 3.83. The number of pyridine rings is 1. The summed E-state index contributed by atoms with van der Waals surface area (Å²) in [5.41, 5.74) is 1.86. The Labute approximate surface area is 222 Å². The van der Waals surface area contributed by atoms with Gasteiger partial charge < -0.3 is 29.3 Å². The average Bonchev–Trinajstić information content (AvgIpc) is 3.31. The van der Waals surface area contributed by atoms with E-state index >= 15 is 0 Å². The van der Waals surface area contributed by atoms with Gasteiger partial charge in [0.05, 0.1) is 21.3 Å². The van der Waals surface area contributed by atoms with E-state index in [1.54, 1.807) is 26.4 Å². The van der Waals surface area contributed by atoms with Crippen molar-refractivity contribution in [2.24, 2.45) is 5.41 Å². The van der Waals surface area contributed by atoms with E-state index in [1.165, 1.54) is 7.11 Å². The number of benzene rings is 1. The van der Waals surface area contributed by atoms with Crippen molar-refractivity contribution in [3.05, 3.63) is 46.6 Å². The Morgan fingerprint density at radius 3 is 2.39 bits per heavy atom. The zero-order valence-corrected chi connectivity index (χ0v) is 22.6. The highest BCUT2D eigenvalue weighted by Gasteiger charge is 2.42. The molecule has 1 N–H and O–H groups in total. The summed E-state index contributed by atoms with van der Waals surface area (Å²) >= 11 is 11.8. The highest BCUT2D eigenvalue weighted by atomic mass is 35.5. The second kappa shape index (κ2) is 11.5. The summed E-state index contributed by atoms with van der Waals surface area (Å²) < 4.78 is 15.9. The molecule has 2 aliphatic rings. The van der Waals surface area contributed by atoms with Gasteiger partial charge in [-0.3, -0.25) is 4.79 Å². The van der Waals surface area contributed by atoms with Crippen molar-refractivity contribution in [1.82, 2.24) is 20.1 Å². The maximum Gasteiger partial charge on any atom is 0.254 e. The predicted molar refractivity (Wildman–Crippen MR) is 143 cm³/mol. The third-order valence-electron chi connectivity index (χ3n) is 7.20. The van der Waals surface area contributed by atoms with Crippen LogP contribution in [0.4, 0.5) is 0 Å². The Morgan fingerprint density at radius 1 is 1.03 bits per heavy atom. The van der Waals surface area contributed by atoms with Gasteiger partial charge in [0.25, 0.3) is 5.91 Å². The number of piperidine rings is 1. The molecule has 0 bridgehead atoms. The fourth-order valence-electron chi connectivity index (χ4n) is 5.05. The number of aromatic nitrogens is 1. The number of rotatable bonds is 7. The van der Waals surface area contributed by atoms with Crippen molar-refractivity contribution >= 4 is 34.8 Å². The molecule has 1 aromatic heterocycles. The molecular formula is C26H33ClN4O4S. The second-order valence-electron chi connectivity index (χ2n) is 9.36. The maximum atomic E-state index is 13.0. The molecule has 8 nitrogen and oxygen atoms in total. The lowest BCUT2D eigenvalue weighted by Gasteiger charge is -2.39. The van der Waals surface area contributed by atoms with Crippen molar-refractivity contribution in [3.8, 4) is 17.4 Å². The molecule has 1 spiro atoms. The summed E-state index contributed by atoms with van der Waals surface area (Å²) in [5, 5.41) is 4.47. The van der Waals surface area contributed by atoms with Gasteiger partial charge >= 0.3 is 0 Å². The molecule has 0 unspecified atom stereocenters. The number of thiocarbonyl (C=S) groups is 1. The number of hydrogen-bond acceptors (Lipinski definition) is 6. The molecule has 1 aromatic carbocycles. The van der Waals surface area contributed by atoms with Gasteiger partial charge in [0.2, 0.25) is 5.88 Å². The predicted octanol–water partition coefficient (Wildman–Crippen LogP) is 3.81. The zero-order chi connectivity index (χ0) is 25.7. The Morgan fingerprint density at radius 2 is 1.72 bits per heavy atom. The molecule has 2 aliphatic heterocycles. The number of hydrogen-bond donors (Lipinski definition) is 1. The third kappa shape index (κ3) is 5.95. The first kappa shape index (κ1) is 26.3. The van der Waals surface area contributed by atoms with Gasteiger partial charge in [-0.1, -0.05) is 17.7 Å². The number of carbonyl (C=O) groups is 1. The Balaban J connectivity index is 1.25. The van der Waals surface area contributed by atoms with Crippen LogP contribution in [0.1, 0.15) is 35.2 Å². The minimum atomic E-state index is -0.0327. The van der Waals surface area contributed by atoms with Crippen LogP contribution in [0, 0.1) is 5.41 Å². The number of likely N-dealkylation sites (tertiary alicyclic amines) is 2. The van der Waals surface area contributed by atoms with Crippen molar-refractivity contribution in [2.75, 3.05) is 54.1 Å². The summed E-state index contributed by atoms with van der Waals surface area (Å²) in [6.45, 7) is 4.04. The molecule has 194 valence electrons. The van der Waals surface area contributed by atoms with Gasteiger partial charge in [0, 0.05) is 44.4 Å². The first-order chi connectivity index (χ1) is 17.4. The van der Waals surface area contributed by atoms with Gasteiger partial charge in [0.1, 0.15) is 5.15 Å². The van der Waals surface area contributed by atoms with E-state index in [1.807, 2.05) is 23.1 Å². The van der Waals surface area contributed by atoms with Crippen LogP contribution in [0.5, 0.6) is 17.4 Å². The molecule has 0 radical (unpaired) electrons. The molecule has 3 heterocycles. The molecule has 1 amide bonds. The number of halogens is 1. The SMILES string of the molecule is COc1cc(C(=O)N2CCC3(CC2)CCN(C(=S)NCCc2ccc(OC)c(OC)c2)C3)cc(Cl)n1. The van der Waals surface area contributed by atoms with E-state index in [9.17, 15) is 4.79 Å². The average molecular weight is 533 g/mol. The van der Waals surface area contributed by atoms with Crippen molar-refractivity contribution in [1.29, 1.82) is 0 Å². The highest BCUT2D eigenvalue weighted by molar-refractivity contribution is 7.80. The van der Waals surface area contributed by atoms with Crippen LogP contribution in [0.15, 0.2) is 30.3 Å².